The van der Waals surface area contributed by atoms with Crippen molar-refractivity contribution in [2.24, 2.45) is 0 Å². The fraction of sp³-hybridized carbons (Fsp3) is 0.462. The predicted octanol–water partition coefficient (Wildman–Crippen LogP) is 4.88. The van der Waals surface area contributed by atoms with Crippen molar-refractivity contribution in [1.29, 1.82) is 0 Å². The van der Waals surface area contributed by atoms with Crippen molar-refractivity contribution in [3.63, 3.8) is 0 Å². The first kappa shape index (κ1) is 30.7. The van der Waals surface area contributed by atoms with Crippen molar-refractivity contribution in [1.82, 2.24) is 10.2 Å². The molecule has 0 aromatic heterocycles. The molecule has 1 unspecified atom stereocenters. The minimum Gasteiger partial charge on any atom is -0.494 e. The van der Waals surface area contributed by atoms with Crippen LogP contribution in [0.2, 0.25) is 10.0 Å². The maximum Gasteiger partial charge on any atom is 0.242 e. The number of benzene rings is 2. The molecular formula is C26H35Cl2N3O5S. The Bertz CT molecular complexity index is 1160. The molecule has 0 aliphatic heterocycles. The molecule has 1 atom stereocenters. The van der Waals surface area contributed by atoms with Gasteiger partial charge in [0.25, 0.3) is 0 Å². The summed E-state index contributed by atoms with van der Waals surface area (Å²) < 4.78 is 31.6. The minimum absolute atomic E-state index is 0.0413. The van der Waals surface area contributed by atoms with Crippen LogP contribution in [0, 0.1) is 0 Å². The number of hydrogen-bond acceptors (Lipinski definition) is 5. The van der Waals surface area contributed by atoms with Gasteiger partial charge in [-0.25, -0.2) is 8.42 Å². The van der Waals surface area contributed by atoms with E-state index in [1.54, 1.807) is 49.4 Å². The standard InChI is InChI=1S/C26H35Cl2N3O5S/c1-5-15-29-26(33)19(3)30(18-20-9-10-21(27)17-24(20)28)25(32)8-7-16-31(37(4,34)35)22-11-13-23(14-12-22)36-6-2/h9-14,17,19H,5-8,15-16,18H2,1-4H3,(H,29,33). The van der Waals surface area contributed by atoms with E-state index >= 15 is 0 Å². The largest absolute Gasteiger partial charge is 0.494 e. The maximum atomic E-state index is 13.3. The first-order chi connectivity index (χ1) is 17.5. The van der Waals surface area contributed by atoms with Gasteiger partial charge in [-0.2, -0.15) is 0 Å². The number of nitrogens with zero attached hydrogens (tertiary/aromatic N) is 2. The van der Waals surface area contributed by atoms with Crippen LogP contribution in [0.25, 0.3) is 0 Å². The van der Waals surface area contributed by atoms with E-state index in [0.717, 1.165) is 12.7 Å². The zero-order valence-corrected chi connectivity index (χ0v) is 24.0. The molecule has 0 spiro atoms. The molecule has 0 radical (unpaired) electrons. The van der Waals surface area contributed by atoms with Gasteiger partial charge in [-0.1, -0.05) is 36.2 Å². The molecule has 1 N–H and O–H groups in total. The van der Waals surface area contributed by atoms with E-state index in [9.17, 15) is 18.0 Å². The van der Waals surface area contributed by atoms with Crippen LogP contribution >= 0.6 is 23.2 Å². The highest BCUT2D eigenvalue weighted by molar-refractivity contribution is 7.92. The number of nitrogens with one attached hydrogen (secondary N) is 1. The number of ether oxygens (including phenoxy) is 1. The lowest BCUT2D eigenvalue weighted by Gasteiger charge is -2.29. The van der Waals surface area contributed by atoms with E-state index in [-0.39, 0.29) is 37.7 Å². The molecule has 8 nitrogen and oxygen atoms in total. The van der Waals surface area contributed by atoms with Gasteiger partial charge in [0.2, 0.25) is 21.8 Å². The fourth-order valence-corrected chi connectivity index (χ4v) is 5.12. The molecule has 0 aliphatic carbocycles. The summed E-state index contributed by atoms with van der Waals surface area (Å²) in [5.74, 6) is 0.0828. The maximum absolute atomic E-state index is 13.3. The van der Waals surface area contributed by atoms with Gasteiger partial charge in [-0.15, -0.1) is 0 Å². The quantitative estimate of drug-likeness (QED) is 0.348. The summed E-state index contributed by atoms with van der Waals surface area (Å²) in [6.07, 6.45) is 2.19. The van der Waals surface area contributed by atoms with Crippen molar-refractivity contribution in [3.05, 3.63) is 58.1 Å². The van der Waals surface area contributed by atoms with Crippen molar-refractivity contribution < 1.29 is 22.7 Å². The Morgan fingerprint density at radius 3 is 2.32 bits per heavy atom. The van der Waals surface area contributed by atoms with E-state index in [1.165, 1.54) is 9.21 Å². The van der Waals surface area contributed by atoms with E-state index in [2.05, 4.69) is 5.32 Å². The van der Waals surface area contributed by atoms with E-state index in [4.69, 9.17) is 27.9 Å². The van der Waals surface area contributed by atoms with Gasteiger partial charge in [0.1, 0.15) is 11.8 Å². The van der Waals surface area contributed by atoms with E-state index in [1.807, 2.05) is 13.8 Å². The van der Waals surface area contributed by atoms with Crippen molar-refractivity contribution in [2.75, 3.05) is 30.3 Å². The lowest BCUT2D eigenvalue weighted by Crippen LogP contribution is -2.48. The Morgan fingerprint density at radius 2 is 1.76 bits per heavy atom. The number of carbonyl (C=O) groups excluding carboxylic acids is 2. The van der Waals surface area contributed by atoms with Crippen LogP contribution in [0.1, 0.15) is 45.6 Å². The molecule has 2 aromatic carbocycles. The van der Waals surface area contributed by atoms with Crippen LogP contribution < -0.4 is 14.4 Å². The topological polar surface area (TPSA) is 96.0 Å². The summed E-state index contributed by atoms with van der Waals surface area (Å²) in [4.78, 5) is 27.5. The number of hydrogen-bond donors (Lipinski definition) is 1. The molecule has 37 heavy (non-hydrogen) atoms. The monoisotopic (exact) mass is 571 g/mol. The van der Waals surface area contributed by atoms with Crippen molar-refractivity contribution >= 4 is 50.7 Å². The number of halogens is 2. The molecule has 0 bridgehead atoms. The molecule has 0 aliphatic rings. The van der Waals surface area contributed by atoms with Gasteiger partial charge >= 0.3 is 0 Å². The molecular weight excluding hydrogens is 537 g/mol. The number of carbonyl (C=O) groups is 2. The van der Waals surface area contributed by atoms with Crippen LogP contribution in [0.3, 0.4) is 0 Å². The third-order valence-corrected chi connectivity index (χ3v) is 7.44. The number of sulfonamides is 1. The Balaban J connectivity index is 2.17. The normalized spacial score (nSPS) is 12.1. The molecule has 204 valence electrons. The Hall–Kier alpha value is -2.49. The highest BCUT2D eigenvalue weighted by Gasteiger charge is 2.27. The lowest BCUT2D eigenvalue weighted by atomic mass is 10.1. The average Bonchev–Trinajstić information content (AvgIpc) is 2.84. The molecule has 2 amide bonds. The summed E-state index contributed by atoms with van der Waals surface area (Å²) >= 11 is 12.3. The van der Waals surface area contributed by atoms with E-state index in [0.29, 0.717) is 40.2 Å². The zero-order chi connectivity index (χ0) is 27.6. The summed E-state index contributed by atoms with van der Waals surface area (Å²) in [7, 11) is -3.59. The third-order valence-electron chi connectivity index (χ3n) is 5.66. The van der Waals surface area contributed by atoms with Gasteiger partial charge in [0.05, 0.1) is 18.6 Å². The second-order valence-corrected chi connectivity index (χ2v) is 11.3. The van der Waals surface area contributed by atoms with Gasteiger partial charge in [0, 0.05) is 36.1 Å². The average molecular weight is 573 g/mol. The molecule has 0 fully saturated rings. The molecule has 0 saturated heterocycles. The van der Waals surface area contributed by atoms with Crippen molar-refractivity contribution in [3.8, 4) is 5.75 Å². The Morgan fingerprint density at radius 1 is 1.08 bits per heavy atom. The molecule has 2 rings (SSSR count). The Labute approximate surface area is 229 Å². The van der Waals surface area contributed by atoms with Gasteiger partial charge in [-0.05, 0) is 68.7 Å². The number of anilines is 1. The van der Waals surface area contributed by atoms with Gasteiger partial charge in [-0.3, -0.25) is 13.9 Å². The van der Waals surface area contributed by atoms with Crippen molar-refractivity contribution in [2.45, 2.75) is 52.6 Å². The summed E-state index contributed by atoms with van der Waals surface area (Å²) in [5, 5.41) is 3.68. The van der Waals surface area contributed by atoms with Gasteiger partial charge in [0.15, 0.2) is 0 Å². The summed E-state index contributed by atoms with van der Waals surface area (Å²) in [6.45, 7) is 6.69. The SMILES string of the molecule is CCCNC(=O)C(C)N(Cc1ccc(Cl)cc1Cl)C(=O)CCCN(c1ccc(OCC)cc1)S(C)(=O)=O. The summed E-state index contributed by atoms with van der Waals surface area (Å²) in [5.41, 5.74) is 1.14. The van der Waals surface area contributed by atoms with E-state index < -0.39 is 16.1 Å². The van der Waals surface area contributed by atoms with Gasteiger partial charge < -0.3 is 15.0 Å². The molecule has 11 heteroatoms. The smallest absolute Gasteiger partial charge is 0.242 e. The second-order valence-electron chi connectivity index (χ2n) is 8.59. The Kier molecular flexibility index (Phi) is 12.0. The lowest BCUT2D eigenvalue weighted by molar-refractivity contribution is -0.140. The van der Waals surface area contributed by atoms with Crippen LogP contribution in [-0.2, 0) is 26.2 Å². The molecule has 2 aromatic rings. The predicted molar refractivity (Wildman–Crippen MR) is 149 cm³/mol. The number of amides is 2. The first-order valence-electron chi connectivity index (χ1n) is 12.2. The van der Waals surface area contributed by atoms with Crippen LogP contribution in [-0.4, -0.2) is 57.1 Å². The molecule has 0 heterocycles. The second kappa shape index (κ2) is 14.4. The minimum atomic E-state index is -3.59. The van der Waals surface area contributed by atoms with Crippen LogP contribution in [0.15, 0.2) is 42.5 Å². The number of rotatable bonds is 14. The summed E-state index contributed by atoms with van der Waals surface area (Å²) in [6, 6.07) is 11.0. The zero-order valence-electron chi connectivity index (χ0n) is 21.7. The fourth-order valence-electron chi connectivity index (χ4n) is 3.69. The van der Waals surface area contributed by atoms with Crippen LogP contribution in [0.4, 0.5) is 5.69 Å². The third kappa shape index (κ3) is 9.39. The first-order valence-corrected chi connectivity index (χ1v) is 14.8. The molecule has 0 saturated carbocycles. The highest BCUT2D eigenvalue weighted by Crippen LogP contribution is 2.25. The highest BCUT2D eigenvalue weighted by atomic mass is 35.5. The van der Waals surface area contributed by atoms with Crippen LogP contribution in [0.5, 0.6) is 5.75 Å².